The zero-order valence-corrected chi connectivity index (χ0v) is 9.41. The number of nitrogens with two attached hydrogens (primary N) is 1. The molecule has 1 aliphatic rings. The quantitative estimate of drug-likeness (QED) is 0.715. The third kappa shape index (κ3) is 2.11. The molecule has 1 aromatic rings. The SMILES string of the molecule is CC1(O)CCCN(c2cccc(F)c2N)C1. The highest BCUT2D eigenvalue weighted by atomic mass is 19.1. The highest BCUT2D eigenvalue weighted by Crippen LogP contribution is 2.30. The average molecular weight is 224 g/mol. The van der Waals surface area contributed by atoms with Crippen molar-refractivity contribution in [3.05, 3.63) is 24.0 Å². The van der Waals surface area contributed by atoms with Gasteiger partial charge in [0.25, 0.3) is 0 Å². The maximum atomic E-state index is 13.3. The molecule has 3 nitrogen and oxygen atoms in total. The van der Waals surface area contributed by atoms with E-state index in [1.54, 1.807) is 19.1 Å². The predicted molar refractivity (Wildman–Crippen MR) is 62.9 cm³/mol. The molecule has 16 heavy (non-hydrogen) atoms. The molecule has 1 heterocycles. The molecule has 1 unspecified atom stereocenters. The zero-order valence-electron chi connectivity index (χ0n) is 9.41. The van der Waals surface area contributed by atoms with Crippen LogP contribution in [0.2, 0.25) is 0 Å². The summed E-state index contributed by atoms with van der Waals surface area (Å²) in [4.78, 5) is 1.95. The van der Waals surface area contributed by atoms with Crippen molar-refractivity contribution in [2.24, 2.45) is 0 Å². The molecule has 1 fully saturated rings. The minimum absolute atomic E-state index is 0.167. The second-order valence-corrected chi connectivity index (χ2v) is 4.69. The molecule has 88 valence electrons. The van der Waals surface area contributed by atoms with Gasteiger partial charge in [-0.1, -0.05) is 6.07 Å². The van der Waals surface area contributed by atoms with Gasteiger partial charge in [-0.15, -0.1) is 0 Å². The van der Waals surface area contributed by atoms with Gasteiger partial charge in [0.05, 0.1) is 17.0 Å². The van der Waals surface area contributed by atoms with Crippen molar-refractivity contribution in [3.8, 4) is 0 Å². The summed E-state index contributed by atoms with van der Waals surface area (Å²) >= 11 is 0. The number of rotatable bonds is 1. The van der Waals surface area contributed by atoms with Gasteiger partial charge < -0.3 is 15.7 Å². The molecule has 4 heteroatoms. The zero-order chi connectivity index (χ0) is 11.8. The fourth-order valence-corrected chi connectivity index (χ4v) is 2.23. The summed E-state index contributed by atoms with van der Waals surface area (Å²) in [5.41, 5.74) is 5.84. The molecule has 1 aliphatic heterocycles. The van der Waals surface area contributed by atoms with Gasteiger partial charge in [-0.05, 0) is 31.9 Å². The largest absolute Gasteiger partial charge is 0.395 e. The first-order chi connectivity index (χ1) is 7.49. The van der Waals surface area contributed by atoms with E-state index in [4.69, 9.17) is 5.73 Å². The minimum atomic E-state index is -0.711. The van der Waals surface area contributed by atoms with Gasteiger partial charge in [-0.25, -0.2) is 4.39 Å². The molecule has 0 aromatic heterocycles. The number of nitrogen functional groups attached to an aromatic ring is 1. The fourth-order valence-electron chi connectivity index (χ4n) is 2.23. The maximum absolute atomic E-state index is 13.3. The van der Waals surface area contributed by atoms with E-state index in [-0.39, 0.29) is 5.69 Å². The Kier molecular flexibility index (Phi) is 2.76. The van der Waals surface area contributed by atoms with Crippen LogP contribution in [-0.2, 0) is 0 Å². The van der Waals surface area contributed by atoms with Crippen molar-refractivity contribution in [3.63, 3.8) is 0 Å². The van der Waals surface area contributed by atoms with E-state index in [1.165, 1.54) is 6.07 Å². The number of piperidine rings is 1. The highest BCUT2D eigenvalue weighted by molar-refractivity contribution is 5.68. The predicted octanol–water partition coefficient (Wildman–Crippen LogP) is 1.76. The lowest BCUT2D eigenvalue weighted by Gasteiger charge is -2.38. The number of aliphatic hydroxyl groups is 1. The molecule has 1 aromatic carbocycles. The third-order valence-electron chi connectivity index (χ3n) is 3.05. The number of hydrogen-bond acceptors (Lipinski definition) is 3. The van der Waals surface area contributed by atoms with E-state index in [9.17, 15) is 9.50 Å². The first-order valence-corrected chi connectivity index (χ1v) is 5.51. The van der Waals surface area contributed by atoms with Crippen LogP contribution >= 0.6 is 0 Å². The van der Waals surface area contributed by atoms with E-state index in [0.717, 1.165) is 19.4 Å². The number of nitrogens with zero attached hydrogens (tertiary/aromatic N) is 1. The van der Waals surface area contributed by atoms with Crippen LogP contribution in [0.4, 0.5) is 15.8 Å². The van der Waals surface area contributed by atoms with Crippen LogP contribution < -0.4 is 10.6 Å². The fraction of sp³-hybridized carbons (Fsp3) is 0.500. The number of β-amino-alcohol motifs (C(OH)–C–C–N with tert-alkyl or cyclic N) is 1. The summed E-state index contributed by atoms with van der Waals surface area (Å²) in [5, 5.41) is 9.99. The van der Waals surface area contributed by atoms with E-state index in [2.05, 4.69) is 0 Å². The lowest BCUT2D eigenvalue weighted by Crippen LogP contribution is -2.46. The van der Waals surface area contributed by atoms with Crippen molar-refractivity contribution in [1.82, 2.24) is 0 Å². The smallest absolute Gasteiger partial charge is 0.148 e. The molecular formula is C12H17FN2O. The molecule has 0 amide bonds. The minimum Gasteiger partial charge on any atom is -0.395 e. The van der Waals surface area contributed by atoms with Crippen LogP contribution in [-0.4, -0.2) is 23.8 Å². The van der Waals surface area contributed by atoms with E-state index in [0.29, 0.717) is 12.2 Å². The number of para-hydroxylation sites is 1. The molecule has 1 atom stereocenters. The van der Waals surface area contributed by atoms with Crippen LogP contribution in [0, 0.1) is 5.82 Å². The molecule has 0 bridgehead atoms. The summed E-state index contributed by atoms with van der Waals surface area (Å²) < 4.78 is 13.3. The average Bonchev–Trinajstić information content (AvgIpc) is 2.20. The lowest BCUT2D eigenvalue weighted by atomic mass is 9.94. The number of anilines is 2. The first-order valence-electron chi connectivity index (χ1n) is 5.51. The van der Waals surface area contributed by atoms with Crippen molar-refractivity contribution >= 4 is 11.4 Å². The normalized spacial score (nSPS) is 25.8. The highest BCUT2D eigenvalue weighted by Gasteiger charge is 2.29. The Morgan fingerprint density at radius 1 is 1.50 bits per heavy atom. The van der Waals surface area contributed by atoms with E-state index >= 15 is 0 Å². The monoisotopic (exact) mass is 224 g/mol. The van der Waals surface area contributed by atoms with E-state index < -0.39 is 11.4 Å². The molecule has 1 saturated heterocycles. The summed E-state index contributed by atoms with van der Waals surface area (Å²) in [6, 6.07) is 4.78. The maximum Gasteiger partial charge on any atom is 0.148 e. The standard InChI is InChI=1S/C12H17FN2O/c1-12(16)6-3-7-15(8-12)10-5-2-4-9(13)11(10)14/h2,4-5,16H,3,6-8,14H2,1H3. The number of hydrogen-bond donors (Lipinski definition) is 2. The summed E-state index contributed by atoms with van der Waals surface area (Å²) in [6.07, 6.45) is 1.67. The Hall–Kier alpha value is -1.29. The molecule has 0 spiro atoms. The van der Waals surface area contributed by atoms with Crippen LogP contribution in [0.3, 0.4) is 0 Å². The summed E-state index contributed by atoms with van der Waals surface area (Å²) in [6.45, 7) is 3.11. The van der Waals surface area contributed by atoms with Crippen LogP contribution in [0.1, 0.15) is 19.8 Å². The Bertz CT molecular complexity index is 393. The van der Waals surface area contributed by atoms with Gasteiger partial charge in [0, 0.05) is 13.1 Å². The number of benzene rings is 1. The molecule has 0 saturated carbocycles. The van der Waals surface area contributed by atoms with Gasteiger partial charge in [0.1, 0.15) is 5.82 Å². The van der Waals surface area contributed by atoms with Crippen molar-refractivity contribution in [2.75, 3.05) is 23.7 Å². The van der Waals surface area contributed by atoms with Crippen molar-refractivity contribution in [2.45, 2.75) is 25.4 Å². The van der Waals surface area contributed by atoms with Gasteiger partial charge in [0.15, 0.2) is 0 Å². The van der Waals surface area contributed by atoms with Crippen LogP contribution in [0.5, 0.6) is 0 Å². The molecule has 2 rings (SSSR count). The van der Waals surface area contributed by atoms with Crippen LogP contribution in [0.15, 0.2) is 18.2 Å². The molecule has 0 radical (unpaired) electrons. The summed E-state index contributed by atoms with van der Waals surface area (Å²) in [5.74, 6) is -0.400. The van der Waals surface area contributed by atoms with Crippen LogP contribution in [0.25, 0.3) is 0 Å². The Balaban J connectivity index is 2.27. The Morgan fingerprint density at radius 3 is 2.94 bits per heavy atom. The second kappa shape index (κ2) is 3.94. The molecular weight excluding hydrogens is 207 g/mol. The Morgan fingerprint density at radius 2 is 2.25 bits per heavy atom. The van der Waals surface area contributed by atoms with Crippen molar-refractivity contribution in [1.29, 1.82) is 0 Å². The topological polar surface area (TPSA) is 49.5 Å². The number of halogens is 1. The second-order valence-electron chi connectivity index (χ2n) is 4.69. The van der Waals surface area contributed by atoms with Gasteiger partial charge in [-0.3, -0.25) is 0 Å². The molecule has 0 aliphatic carbocycles. The lowest BCUT2D eigenvalue weighted by molar-refractivity contribution is 0.0449. The van der Waals surface area contributed by atoms with Gasteiger partial charge >= 0.3 is 0 Å². The summed E-state index contributed by atoms with van der Waals surface area (Å²) in [7, 11) is 0. The van der Waals surface area contributed by atoms with Crippen molar-refractivity contribution < 1.29 is 9.50 Å². The Labute approximate surface area is 94.7 Å². The molecule has 3 N–H and O–H groups in total. The van der Waals surface area contributed by atoms with Gasteiger partial charge in [0.2, 0.25) is 0 Å². The first kappa shape index (κ1) is 11.2. The van der Waals surface area contributed by atoms with Gasteiger partial charge in [-0.2, -0.15) is 0 Å². The van der Waals surface area contributed by atoms with E-state index in [1.807, 2.05) is 4.90 Å². The third-order valence-corrected chi connectivity index (χ3v) is 3.05.